The summed E-state index contributed by atoms with van der Waals surface area (Å²) in [7, 11) is 0. The number of hydrogen-bond acceptors (Lipinski definition) is 2. The maximum Gasteiger partial charge on any atom is 0.195 e. The van der Waals surface area contributed by atoms with Crippen molar-refractivity contribution in [2.24, 2.45) is 0 Å². The first kappa shape index (κ1) is 16.8. The third kappa shape index (κ3) is 2.90. The number of fused-ring (bicyclic) bond motifs is 3. The van der Waals surface area contributed by atoms with E-state index in [-0.39, 0.29) is 0 Å². The summed E-state index contributed by atoms with van der Waals surface area (Å²) < 4.78 is 5.50. The monoisotopic (exact) mass is 376 g/mol. The summed E-state index contributed by atoms with van der Waals surface area (Å²) in [5.74, 6) is 1.09. The number of aryl methyl sites for hydroxylation is 2. The summed E-state index contributed by atoms with van der Waals surface area (Å²) >= 11 is 5.56. The zero-order valence-corrected chi connectivity index (χ0v) is 16.2. The Labute approximate surface area is 163 Å². The summed E-state index contributed by atoms with van der Waals surface area (Å²) in [4.78, 5) is 0. The molecule has 0 atom stereocenters. The van der Waals surface area contributed by atoms with Crippen molar-refractivity contribution in [1.82, 2.24) is 19.3 Å². The van der Waals surface area contributed by atoms with Crippen molar-refractivity contribution in [1.29, 1.82) is 0 Å². The van der Waals surface area contributed by atoms with Gasteiger partial charge < -0.3 is 9.13 Å². The first-order chi connectivity index (χ1) is 13.3. The maximum atomic E-state index is 5.56. The standard InChI is InChI=1S/C22H24N4S/c27-22-24-23-21(26(22)16-8-2-1-3-9-16)14-15-25-19-12-6-4-10-17(19)18-11-5-7-13-20(18)25/h4-7,10-13,16H,1-3,8-9,14-15H2,(H,24,27). The minimum absolute atomic E-state index is 0.512. The van der Waals surface area contributed by atoms with E-state index in [0.717, 1.165) is 23.6 Å². The summed E-state index contributed by atoms with van der Waals surface area (Å²) in [5, 5.41) is 10.3. The van der Waals surface area contributed by atoms with E-state index in [0.29, 0.717) is 6.04 Å². The normalized spacial score (nSPS) is 15.7. The number of nitrogens with zero attached hydrogens (tertiary/aromatic N) is 3. The Balaban J connectivity index is 1.51. The number of para-hydroxylation sites is 2. The molecule has 27 heavy (non-hydrogen) atoms. The highest BCUT2D eigenvalue weighted by Crippen LogP contribution is 2.31. The average Bonchev–Trinajstić information content (AvgIpc) is 3.25. The van der Waals surface area contributed by atoms with Gasteiger partial charge in [0, 0.05) is 40.8 Å². The highest BCUT2D eigenvalue weighted by atomic mass is 32.1. The average molecular weight is 377 g/mol. The molecule has 1 aliphatic carbocycles. The predicted octanol–water partition coefficient (Wildman–Crippen LogP) is 5.80. The highest BCUT2D eigenvalue weighted by Gasteiger charge is 2.20. The van der Waals surface area contributed by atoms with Crippen molar-refractivity contribution in [3.05, 3.63) is 59.1 Å². The van der Waals surface area contributed by atoms with Crippen LogP contribution in [0.2, 0.25) is 0 Å². The summed E-state index contributed by atoms with van der Waals surface area (Å²) in [6.45, 7) is 0.903. The van der Waals surface area contributed by atoms with Gasteiger partial charge >= 0.3 is 0 Å². The van der Waals surface area contributed by atoms with Gasteiger partial charge in [-0.3, -0.25) is 5.10 Å². The lowest BCUT2D eigenvalue weighted by Gasteiger charge is -2.24. The molecule has 4 aromatic rings. The van der Waals surface area contributed by atoms with Crippen LogP contribution in [0.5, 0.6) is 0 Å². The second-order valence-electron chi connectivity index (χ2n) is 7.54. The van der Waals surface area contributed by atoms with E-state index in [9.17, 15) is 0 Å². The fourth-order valence-electron chi connectivity index (χ4n) is 4.69. The van der Waals surface area contributed by atoms with Crippen molar-refractivity contribution >= 4 is 34.0 Å². The molecule has 0 amide bonds. The minimum atomic E-state index is 0.512. The Hall–Kier alpha value is -2.40. The van der Waals surface area contributed by atoms with Gasteiger partial charge in [0.15, 0.2) is 4.77 Å². The Kier molecular flexibility index (Phi) is 4.32. The molecular weight excluding hydrogens is 352 g/mol. The van der Waals surface area contributed by atoms with Gasteiger partial charge in [-0.2, -0.15) is 5.10 Å². The quantitative estimate of drug-likeness (QED) is 0.457. The fraction of sp³-hybridized carbons (Fsp3) is 0.364. The number of nitrogens with one attached hydrogen (secondary N) is 1. The maximum absolute atomic E-state index is 5.56. The van der Waals surface area contributed by atoms with Crippen LogP contribution < -0.4 is 0 Å². The molecule has 2 aromatic carbocycles. The molecule has 0 saturated heterocycles. The van der Waals surface area contributed by atoms with Crippen LogP contribution in [-0.2, 0) is 13.0 Å². The number of aromatic nitrogens is 4. The van der Waals surface area contributed by atoms with Gasteiger partial charge in [-0.1, -0.05) is 55.7 Å². The summed E-state index contributed by atoms with van der Waals surface area (Å²) in [6.07, 6.45) is 7.25. The molecule has 0 unspecified atom stereocenters. The zero-order chi connectivity index (χ0) is 18.2. The van der Waals surface area contributed by atoms with Crippen LogP contribution in [0.25, 0.3) is 21.8 Å². The third-order valence-electron chi connectivity index (χ3n) is 5.96. The SMILES string of the molecule is S=c1[nH]nc(CCn2c3ccccc3c3ccccc32)n1C1CCCCC1. The van der Waals surface area contributed by atoms with Gasteiger partial charge in [0.2, 0.25) is 0 Å². The van der Waals surface area contributed by atoms with Gasteiger partial charge in [0.05, 0.1) is 0 Å². The second kappa shape index (κ2) is 6.97. The molecule has 2 heterocycles. The summed E-state index contributed by atoms with van der Waals surface area (Å²) in [5.41, 5.74) is 2.58. The van der Waals surface area contributed by atoms with Crippen LogP contribution in [-0.4, -0.2) is 19.3 Å². The Morgan fingerprint density at radius 2 is 1.56 bits per heavy atom. The largest absolute Gasteiger partial charge is 0.340 e. The van der Waals surface area contributed by atoms with E-state index in [2.05, 4.69) is 67.9 Å². The van der Waals surface area contributed by atoms with E-state index in [1.54, 1.807) is 0 Å². The molecule has 5 heteroatoms. The zero-order valence-electron chi connectivity index (χ0n) is 15.4. The van der Waals surface area contributed by atoms with Gasteiger partial charge in [-0.15, -0.1) is 0 Å². The summed E-state index contributed by atoms with van der Waals surface area (Å²) in [6, 6.07) is 17.9. The molecule has 4 nitrogen and oxygen atoms in total. The highest BCUT2D eigenvalue weighted by molar-refractivity contribution is 7.71. The molecule has 0 spiro atoms. The fourth-order valence-corrected chi connectivity index (χ4v) is 4.99. The van der Waals surface area contributed by atoms with Crippen LogP contribution in [0.3, 0.4) is 0 Å². The lowest BCUT2D eigenvalue weighted by atomic mass is 9.95. The molecule has 5 rings (SSSR count). The van der Waals surface area contributed by atoms with E-state index in [4.69, 9.17) is 12.2 Å². The molecule has 138 valence electrons. The molecule has 1 aliphatic rings. The van der Waals surface area contributed by atoms with Crippen LogP contribution >= 0.6 is 12.2 Å². The molecule has 0 bridgehead atoms. The molecule has 2 aromatic heterocycles. The van der Waals surface area contributed by atoms with Gasteiger partial charge in [0.1, 0.15) is 5.82 Å². The van der Waals surface area contributed by atoms with E-state index < -0.39 is 0 Å². The van der Waals surface area contributed by atoms with Crippen LogP contribution in [0.15, 0.2) is 48.5 Å². The van der Waals surface area contributed by atoms with Gasteiger partial charge in [-0.05, 0) is 37.2 Å². The van der Waals surface area contributed by atoms with Crippen LogP contribution in [0, 0.1) is 4.77 Å². The van der Waals surface area contributed by atoms with Gasteiger partial charge in [0.25, 0.3) is 0 Å². The van der Waals surface area contributed by atoms with E-state index in [1.807, 2.05) is 0 Å². The van der Waals surface area contributed by atoms with Crippen molar-refractivity contribution < 1.29 is 0 Å². The minimum Gasteiger partial charge on any atom is -0.340 e. The smallest absolute Gasteiger partial charge is 0.195 e. The number of hydrogen-bond donors (Lipinski definition) is 1. The van der Waals surface area contributed by atoms with Crippen molar-refractivity contribution in [3.63, 3.8) is 0 Å². The third-order valence-corrected chi connectivity index (χ3v) is 6.24. The number of aromatic amines is 1. The number of benzene rings is 2. The van der Waals surface area contributed by atoms with Gasteiger partial charge in [-0.25, -0.2) is 0 Å². The Morgan fingerprint density at radius 1 is 0.926 bits per heavy atom. The molecule has 1 fully saturated rings. The topological polar surface area (TPSA) is 38.5 Å². The lowest BCUT2D eigenvalue weighted by molar-refractivity contribution is 0.341. The first-order valence-electron chi connectivity index (χ1n) is 9.94. The molecule has 0 aliphatic heterocycles. The predicted molar refractivity (Wildman–Crippen MR) is 113 cm³/mol. The number of H-pyrrole nitrogens is 1. The second-order valence-corrected chi connectivity index (χ2v) is 7.93. The van der Waals surface area contributed by atoms with Crippen LogP contribution in [0.4, 0.5) is 0 Å². The van der Waals surface area contributed by atoms with E-state index >= 15 is 0 Å². The van der Waals surface area contributed by atoms with Crippen molar-refractivity contribution in [3.8, 4) is 0 Å². The number of rotatable bonds is 4. The Bertz CT molecular complexity index is 1090. The molecule has 1 saturated carbocycles. The molecule has 0 radical (unpaired) electrons. The Morgan fingerprint density at radius 3 is 2.22 bits per heavy atom. The van der Waals surface area contributed by atoms with Crippen molar-refractivity contribution in [2.75, 3.05) is 0 Å². The van der Waals surface area contributed by atoms with Crippen molar-refractivity contribution in [2.45, 2.75) is 51.1 Å². The first-order valence-corrected chi connectivity index (χ1v) is 10.4. The molecular formula is C22H24N4S. The van der Waals surface area contributed by atoms with E-state index in [1.165, 1.54) is 53.9 Å². The van der Waals surface area contributed by atoms with Crippen LogP contribution in [0.1, 0.15) is 44.0 Å². The molecule has 1 N–H and O–H groups in total. The lowest BCUT2D eigenvalue weighted by Crippen LogP contribution is -2.17.